The zero-order chi connectivity index (χ0) is 22.0. The Labute approximate surface area is 184 Å². The number of fused-ring (bicyclic) bond motifs is 1. The molecule has 31 heavy (non-hydrogen) atoms. The van der Waals surface area contributed by atoms with Crippen molar-refractivity contribution in [1.29, 1.82) is 5.26 Å². The van der Waals surface area contributed by atoms with Crippen LogP contribution in [-0.4, -0.2) is 55.2 Å². The Morgan fingerprint density at radius 3 is 2.74 bits per heavy atom. The first-order chi connectivity index (χ1) is 15.0. The van der Waals surface area contributed by atoms with Gasteiger partial charge in [0, 0.05) is 17.8 Å². The minimum atomic E-state index is -1.04. The molecule has 0 aromatic heterocycles. The number of hydrogen-bond donors (Lipinski definition) is 1. The second-order valence-corrected chi connectivity index (χ2v) is 10.3. The highest BCUT2D eigenvalue weighted by molar-refractivity contribution is 5.79. The predicted octanol–water partition coefficient (Wildman–Crippen LogP) is 3.07. The van der Waals surface area contributed by atoms with Crippen molar-refractivity contribution in [2.24, 2.45) is 35.5 Å². The van der Waals surface area contributed by atoms with Crippen LogP contribution in [0.2, 0.25) is 0 Å². The molecule has 4 fully saturated rings. The summed E-state index contributed by atoms with van der Waals surface area (Å²) in [6, 6.07) is 1.72. The average molecular weight is 434 g/mol. The van der Waals surface area contributed by atoms with Crippen LogP contribution in [0.3, 0.4) is 0 Å². The predicted molar refractivity (Wildman–Crippen MR) is 113 cm³/mol. The molecular weight excluding hydrogens is 397 g/mol. The number of nitrogens with one attached hydrogen (secondary N) is 1. The lowest BCUT2D eigenvalue weighted by Gasteiger charge is -2.38. The third kappa shape index (κ3) is 5.05. The van der Waals surface area contributed by atoms with Gasteiger partial charge in [-0.2, -0.15) is 5.26 Å². The molecule has 2 aliphatic heterocycles. The number of esters is 1. The molecule has 2 saturated carbocycles. The van der Waals surface area contributed by atoms with Crippen molar-refractivity contribution in [2.75, 3.05) is 26.2 Å². The van der Waals surface area contributed by atoms with Crippen LogP contribution in [0.1, 0.15) is 58.3 Å². The molecular formula is C24H36FN3O3. The summed E-state index contributed by atoms with van der Waals surface area (Å²) in [5, 5.41) is 12.0. The molecule has 2 heterocycles. The van der Waals surface area contributed by atoms with E-state index in [1.165, 1.54) is 0 Å². The minimum Gasteiger partial charge on any atom is -0.465 e. The summed E-state index contributed by atoms with van der Waals surface area (Å²) in [7, 11) is 0. The number of rotatable bonds is 5. The first-order valence-corrected chi connectivity index (χ1v) is 12.2. The van der Waals surface area contributed by atoms with E-state index in [9.17, 15) is 14.0 Å². The van der Waals surface area contributed by atoms with E-state index in [0.29, 0.717) is 43.6 Å². The Kier molecular flexibility index (Phi) is 7.15. The molecule has 0 aromatic rings. The summed E-state index contributed by atoms with van der Waals surface area (Å²) < 4.78 is 19.5. The molecule has 2 aliphatic carbocycles. The Morgan fingerprint density at radius 2 is 2.00 bits per heavy atom. The van der Waals surface area contributed by atoms with E-state index in [2.05, 4.69) is 23.2 Å². The van der Waals surface area contributed by atoms with E-state index in [-0.39, 0.29) is 29.6 Å². The summed E-state index contributed by atoms with van der Waals surface area (Å²) in [6.45, 7) is 5.71. The van der Waals surface area contributed by atoms with E-state index in [0.717, 1.165) is 51.7 Å². The van der Waals surface area contributed by atoms with Crippen molar-refractivity contribution in [3.05, 3.63) is 0 Å². The number of likely N-dealkylation sites (tertiary alicyclic amines) is 1. The highest BCUT2D eigenvalue weighted by Gasteiger charge is 2.45. The quantitative estimate of drug-likeness (QED) is 0.674. The number of nitrogens with zero attached hydrogens (tertiary/aromatic N) is 2. The Bertz CT molecular complexity index is 703. The largest absolute Gasteiger partial charge is 0.465 e. The molecule has 4 aliphatic rings. The molecule has 1 amide bonds. The number of hydrogen-bond acceptors (Lipinski definition) is 5. The smallest absolute Gasteiger partial charge is 0.309 e. The van der Waals surface area contributed by atoms with Crippen molar-refractivity contribution in [3.8, 4) is 6.07 Å². The van der Waals surface area contributed by atoms with E-state index in [1.807, 2.05) is 0 Å². The van der Waals surface area contributed by atoms with Gasteiger partial charge in [-0.1, -0.05) is 6.92 Å². The Hall–Kier alpha value is -1.68. The van der Waals surface area contributed by atoms with Gasteiger partial charge in [0.25, 0.3) is 0 Å². The van der Waals surface area contributed by atoms with Gasteiger partial charge in [-0.15, -0.1) is 0 Å². The fourth-order valence-electron chi connectivity index (χ4n) is 6.31. The van der Waals surface area contributed by atoms with Crippen molar-refractivity contribution < 1.29 is 18.7 Å². The van der Waals surface area contributed by atoms with E-state index in [4.69, 9.17) is 10.00 Å². The maximum Gasteiger partial charge on any atom is 0.309 e. The number of halogens is 1. The van der Waals surface area contributed by atoms with Crippen LogP contribution in [0.25, 0.3) is 0 Å². The van der Waals surface area contributed by atoms with Crippen molar-refractivity contribution in [3.63, 3.8) is 0 Å². The fourth-order valence-corrected chi connectivity index (χ4v) is 6.31. The Balaban J connectivity index is 1.18. The summed E-state index contributed by atoms with van der Waals surface area (Å²) in [5.74, 6) is 1.44. The normalized spacial score (nSPS) is 39.4. The first kappa shape index (κ1) is 22.5. The number of alkyl halides is 1. The highest BCUT2D eigenvalue weighted by atomic mass is 19.1. The number of nitriles is 1. The van der Waals surface area contributed by atoms with Crippen LogP contribution < -0.4 is 5.32 Å². The summed E-state index contributed by atoms with van der Waals surface area (Å²) >= 11 is 0. The lowest BCUT2D eigenvalue weighted by atomic mass is 9.67. The monoisotopic (exact) mass is 433 g/mol. The third-order valence-electron chi connectivity index (χ3n) is 8.56. The maximum absolute atomic E-state index is 14.2. The standard InChI is InChI=1S/C24H36FN3O3/c1-15-17(3-4-19-20(15)14-31-24(19)30)6-9-28-10-7-18(8-11-28)23(29)27-22-12-16(13-26)2-5-21(22)25/h15-22H,2-12,14H2,1H3,(H,27,29). The van der Waals surface area contributed by atoms with Crippen LogP contribution in [0.15, 0.2) is 0 Å². The molecule has 1 N–H and O–H groups in total. The van der Waals surface area contributed by atoms with Crippen molar-refractivity contribution in [2.45, 2.75) is 70.5 Å². The summed E-state index contributed by atoms with van der Waals surface area (Å²) in [5.41, 5.74) is 0. The number of piperidine rings is 1. The topological polar surface area (TPSA) is 82.4 Å². The summed E-state index contributed by atoms with van der Waals surface area (Å²) in [4.78, 5) is 27.0. The number of ether oxygens (including phenoxy) is 1. The zero-order valence-corrected chi connectivity index (χ0v) is 18.6. The maximum atomic E-state index is 14.2. The molecule has 7 heteroatoms. The molecule has 172 valence electrons. The van der Waals surface area contributed by atoms with Crippen molar-refractivity contribution >= 4 is 11.9 Å². The number of carbonyl (C=O) groups is 2. The van der Waals surface area contributed by atoms with Gasteiger partial charge in [0.1, 0.15) is 6.17 Å². The fraction of sp³-hybridized carbons (Fsp3) is 0.875. The van der Waals surface area contributed by atoms with Gasteiger partial charge >= 0.3 is 5.97 Å². The third-order valence-corrected chi connectivity index (χ3v) is 8.56. The van der Waals surface area contributed by atoms with Crippen LogP contribution in [0, 0.1) is 46.8 Å². The van der Waals surface area contributed by atoms with E-state index < -0.39 is 12.2 Å². The van der Waals surface area contributed by atoms with Crippen LogP contribution in [0.5, 0.6) is 0 Å². The first-order valence-electron chi connectivity index (χ1n) is 12.2. The minimum absolute atomic E-state index is 0.00565. The van der Waals surface area contributed by atoms with Gasteiger partial charge in [-0.3, -0.25) is 9.59 Å². The molecule has 7 atom stereocenters. The molecule has 0 radical (unpaired) electrons. The van der Waals surface area contributed by atoms with Gasteiger partial charge in [0.2, 0.25) is 5.91 Å². The van der Waals surface area contributed by atoms with Gasteiger partial charge in [-0.05, 0) is 82.8 Å². The lowest BCUT2D eigenvalue weighted by Crippen LogP contribution is -2.49. The van der Waals surface area contributed by atoms with Crippen LogP contribution >= 0.6 is 0 Å². The molecule has 2 saturated heterocycles. The highest BCUT2D eigenvalue weighted by Crippen LogP contribution is 2.44. The van der Waals surface area contributed by atoms with Crippen LogP contribution in [-0.2, 0) is 14.3 Å². The lowest BCUT2D eigenvalue weighted by molar-refractivity contribution is -0.141. The average Bonchev–Trinajstić information content (AvgIpc) is 3.16. The molecule has 0 aromatic carbocycles. The van der Waals surface area contributed by atoms with E-state index in [1.54, 1.807) is 0 Å². The SMILES string of the molecule is CC1C(CCN2CCC(C(=O)NC3CC(C#N)CCC3F)CC2)CCC2C(=O)OCC21. The molecule has 0 spiro atoms. The second-order valence-electron chi connectivity index (χ2n) is 10.3. The Morgan fingerprint density at radius 1 is 1.23 bits per heavy atom. The summed E-state index contributed by atoms with van der Waals surface area (Å²) in [6.07, 6.45) is 5.17. The van der Waals surface area contributed by atoms with Gasteiger partial charge < -0.3 is 15.0 Å². The van der Waals surface area contributed by atoms with Gasteiger partial charge in [0.05, 0.1) is 24.6 Å². The second kappa shape index (κ2) is 9.85. The van der Waals surface area contributed by atoms with Crippen LogP contribution in [0.4, 0.5) is 4.39 Å². The number of amides is 1. The number of carbonyl (C=O) groups excluding carboxylic acids is 2. The van der Waals surface area contributed by atoms with Crippen molar-refractivity contribution in [1.82, 2.24) is 10.2 Å². The molecule has 6 nitrogen and oxygen atoms in total. The number of cyclic esters (lactones) is 1. The molecule has 0 bridgehead atoms. The van der Waals surface area contributed by atoms with Gasteiger partial charge in [0.15, 0.2) is 0 Å². The molecule has 4 rings (SSSR count). The van der Waals surface area contributed by atoms with Gasteiger partial charge in [-0.25, -0.2) is 4.39 Å². The van der Waals surface area contributed by atoms with E-state index >= 15 is 0 Å². The molecule has 7 unspecified atom stereocenters. The zero-order valence-electron chi connectivity index (χ0n) is 18.6.